The van der Waals surface area contributed by atoms with Crippen molar-refractivity contribution in [2.75, 3.05) is 9.80 Å². The zero-order valence-corrected chi connectivity index (χ0v) is 41.1. The molecule has 1 aliphatic heterocycles. The number of furan rings is 1. The van der Waals surface area contributed by atoms with Gasteiger partial charge in [0.25, 0.3) is 0 Å². The van der Waals surface area contributed by atoms with Crippen molar-refractivity contribution in [3.8, 4) is 33.4 Å². The first-order valence-electron chi connectivity index (χ1n) is 24.9. The van der Waals surface area contributed by atoms with Gasteiger partial charge < -0.3 is 14.2 Å². The summed E-state index contributed by atoms with van der Waals surface area (Å²) in [6, 6.07) is 93.2. The SMILES string of the molecule is C[Si]1(C)c2cc(N(c3ccccc3)c3ccccc3-c3ccccc3)ccc2-c2cc3c4ccccc4c(-c4ccc(N(c5ccccc5)c5cccc6c5oc5ccccc56)cc4)cc3c3cccc1c23. The summed E-state index contributed by atoms with van der Waals surface area (Å²) < 4.78 is 6.61. The molecule has 2 heterocycles. The highest BCUT2D eigenvalue weighted by molar-refractivity contribution is 7.03. The molecule has 0 amide bonds. The van der Waals surface area contributed by atoms with Crippen LogP contribution in [0.3, 0.4) is 0 Å². The van der Waals surface area contributed by atoms with Crippen molar-refractivity contribution >= 4 is 107 Å². The number of benzene rings is 12. The van der Waals surface area contributed by atoms with Crippen LogP contribution in [0, 0.1) is 0 Å². The van der Waals surface area contributed by atoms with E-state index in [1.807, 2.05) is 6.07 Å². The summed E-state index contributed by atoms with van der Waals surface area (Å²) in [5.41, 5.74) is 15.8. The molecular weight excluding hydrogens is 889 g/mol. The van der Waals surface area contributed by atoms with Crippen LogP contribution in [0.25, 0.3) is 87.6 Å². The molecule has 72 heavy (non-hydrogen) atoms. The molecule has 0 radical (unpaired) electrons. The van der Waals surface area contributed by atoms with Gasteiger partial charge >= 0.3 is 0 Å². The van der Waals surface area contributed by atoms with Crippen LogP contribution in [0.5, 0.6) is 0 Å². The zero-order valence-electron chi connectivity index (χ0n) is 40.1. The molecule has 3 nitrogen and oxygen atoms in total. The van der Waals surface area contributed by atoms with Crippen molar-refractivity contribution in [2.24, 2.45) is 0 Å². The molecule has 340 valence electrons. The van der Waals surface area contributed by atoms with Crippen LogP contribution in [0.15, 0.2) is 259 Å². The Morgan fingerprint density at radius 1 is 0.306 bits per heavy atom. The second-order valence-corrected chi connectivity index (χ2v) is 23.9. The molecular formula is C68H48N2OSi. The fourth-order valence-electron chi connectivity index (χ4n) is 11.8. The lowest BCUT2D eigenvalue weighted by Gasteiger charge is -2.36. The molecule has 0 unspecified atom stereocenters. The first-order valence-corrected chi connectivity index (χ1v) is 27.9. The predicted molar refractivity (Wildman–Crippen MR) is 309 cm³/mol. The van der Waals surface area contributed by atoms with Crippen molar-refractivity contribution < 1.29 is 4.42 Å². The van der Waals surface area contributed by atoms with Gasteiger partial charge in [0.2, 0.25) is 0 Å². The van der Waals surface area contributed by atoms with E-state index >= 15 is 0 Å². The molecule has 0 N–H and O–H groups in total. The summed E-state index contributed by atoms with van der Waals surface area (Å²) in [5, 5.41) is 12.9. The minimum atomic E-state index is -2.28. The molecule has 0 aliphatic carbocycles. The van der Waals surface area contributed by atoms with Crippen molar-refractivity contribution in [2.45, 2.75) is 13.1 Å². The summed E-state index contributed by atoms with van der Waals surface area (Å²) in [5.74, 6) is 0. The molecule has 14 rings (SSSR count). The lowest BCUT2D eigenvalue weighted by Crippen LogP contribution is -2.56. The lowest BCUT2D eigenvalue weighted by atomic mass is 9.87. The van der Waals surface area contributed by atoms with Crippen molar-refractivity contribution in [1.29, 1.82) is 0 Å². The monoisotopic (exact) mass is 936 g/mol. The number of nitrogens with zero attached hydrogens (tertiary/aromatic N) is 2. The predicted octanol–water partition coefficient (Wildman–Crippen LogP) is 18.1. The van der Waals surface area contributed by atoms with Crippen molar-refractivity contribution in [3.05, 3.63) is 255 Å². The van der Waals surface area contributed by atoms with Gasteiger partial charge in [0, 0.05) is 39.1 Å². The van der Waals surface area contributed by atoms with Gasteiger partial charge in [0.05, 0.1) is 11.4 Å². The van der Waals surface area contributed by atoms with E-state index in [0.717, 1.165) is 50.4 Å². The highest BCUT2D eigenvalue weighted by atomic mass is 28.3. The van der Waals surface area contributed by atoms with Gasteiger partial charge in [-0.1, -0.05) is 189 Å². The van der Waals surface area contributed by atoms with Crippen molar-refractivity contribution in [1.82, 2.24) is 0 Å². The number of rotatable bonds is 8. The summed E-state index contributed by atoms with van der Waals surface area (Å²) in [6.07, 6.45) is 0. The molecule has 12 aromatic carbocycles. The highest BCUT2D eigenvalue weighted by Gasteiger charge is 2.37. The number of anilines is 6. The Labute approximate surface area is 420 Å². The Morgan fingerprint density at radius 2 is 0.833 bits per heavy atom. The minimum absolute atomic E-state index is 0.874. The van der Waals surface area contributed by atoms with Gasteiger partial charge in [0.15, 0.2) is 5.58 Å². The molecule has 1 aliphatic rings. The second-order valence-electron chi connectivity index (χ2n) is 19.6. The van der Waals surface area contributed by atoms with Crippen LogP contribution in [-0.4, -0.2) is 8.07 Å². The van der Waals surface area contributed by atoms with Gasteiger partial charge in [-0.2, -0.15) is 0 Å². The quantitative estimate of drug-likeness (QED) is 0.112. The van der Waals surface area contributed by atoms with Crippen LogP contribution >= 0.6 is 0 Å². The molecule has 0 bridgehead atoms. The van der Waals surface area contributed by atoms with Gasteiger partial charge in [-0.3, -0.25) is 0 Å². The van der Waals surface area contributed by atoms with E-state index in [1.54, 1.807) is 0 Å². The normalized spacial score (nSPS) is 12.7. The van der Waals surface area contributed by atoms with Crippen LogP contribution in [0.2, 0.25) is 13.1 Å². The van der Waals surface area contributed by atoms with Crippen LogP contribution in [0.1, 0.15) is 0 Å². The smallest absolute Gasteiger partial charge is 0.159 e. The lowest BCUT2D eigenvalue weighted by molar-refractivity contribution is 0.669. The van der Waals surface area contributed by atoms with Gasteiger partial charge in [-0.25, -0.2) is 0 Å². The molecule has 0 fully saturated rings. The molecule has 4 heteroatoms. The third-order valence-electron chi connectivity index (χ3n) is 15.2. The van der Waals surface area contributed by atoms with Crippen molar-refractivity contribution in [3.63, 3.8) is 0 Å². The maximum absolute atomic E-state index is 6.61. The van der Waals surface area contributed by atoms with Gasteiger partial charge in [0.1, 0.15) is 13.7 Å². The Kier molecular flexibility index (Phi) is 9.67. The fraction of sp³-hybridized carbons (Fsp3) is 0.0294. The number of hydrogen-bond acceptors (Lipinski definition) is 3. The Balaban J connectivity index is 0.920. The number of para-hydroxylation sites is 5. The van der Waals surface area contributed by atoms with E-state index in [2.05, 4.69) is 272 Å². The average Bonchev–Trinajstić information content (AvgIpc) is 3.83. The van der Waals surface area contributed by atoms with Crippen LogP contribution < -0.4 is 20.2 Å². The maximum Gasteiger partial charge on any atom is 0.159 e. The first kappa shape index (κ1) is 42.0. The molecule has 0 saturated heterocycles. The highest BCUT2D eigenvalue weighted by Crippen LogP contribution is 2.47. The third kappa shape index (κ3) is 6.57. The van der Waals surface area contributed by atoms with E-state index in [-0.39, 0.29) is 0 Å². The maximum atomic E-state index is 6.61. The van der Waals surface area contributed by atoms with Gasteiger partial charge in [-0.15, -0.1) is 0 Å². The number of hydrogen-bond donors (Lipinski definition) is 0. The van der Waals surface area contributed by atoms with E-state index in [9.17, 15) is 0 Å². The summed E-state index contributed by atoms with van der Waals surface area (Å²) in [6.45, 7) is 5.09. The third-order valence-corrected chi connectivity index (χ3v) is 18.7. The Bertz CT molecular complexity index is 4240. The summed E-state index contributed by atoms with van der Waals surface area (Å²) in [7, 11) is -2.28. The van der Waals surface area contributed by atoms with E-state index in [4.69, 9.17) is 4.42 Å². The topological polar surface area (TPSA) is 19.6 Å². The minimum Gasteiger partial charge on any atom is -0.454 e. The number of fused-ring (bicyclic) bond motifs is 9. The van der Waals surface area contributed by atoms with E-state index < -0.39 is 8.07 Å². The average molecular weight is 937 g/mol. The molecule has 13 aromatic rings. The first-order chi connectivity index (χ1) is 35.5. The van der Waals surface area contributed by atoms with Crippen LogP contribution in [0.4, 0.5) is 34.1 Å². The summed E-state index contributed by atoms with van der Waals surface area (Å²) >= 11 is 0. The van der Waals surface area contributed by atoms with E-state index in [0.29, 0.717) is 0 Å². The van der Waals surface area contributed by atoms with Crippen LogP contribution in [-0.2, 0) is 0 Å². The second kappa shape index (κ2) is 16.6. The zero-order chi connectivity index (χ0) is 47.9. The molecule has 0 spiro atoms. The van der Waals surface area contributed by atoms with E-state index in [1.165, 1.54) is 81.8 Å². The summed E-state index contributed by atoms with van der Waals surface area (Å²) in [4.78, 5) is 4.77. The van der Waals surface area contributed by atoms with Gasteiger partial charge in [-0.05, 0) is 149 Å². The Hall–Kier alpha value is -8.96. The largest absolute Gasteiger partial charge is 0.454 e. The molecule has 0 atom stereocenters. The molecule has 1 aromatic heterocycles. The molecule has 0 saturated carbocycles. The fourth-order valence-corrected chi connectivity index (χ4v) is 14.9. The standard InChI is InChI=1S/C68H48N2OSi/c1-72(2)65-35-19-30-56-60-43-58(46-36-38-49(39-37-46)69(47-22-8-4-9-23-47)63-33-18-31-57-54-29-15-17-34-64(54)71-68(57)63)52-27-12-13-28-53(52)59(60)44-61(67(56)65)55-41-40-50(42-66(55)72)70(48-24-10-5-11-25-48)62-32-16-14-26-51(62)45-20-6-3-7-21-45/h3-44H,1-2H3. The Morgan fingerprint density at radius 3 is 1.60 bits per heavy atom.